The van der Waals surface area contributed by atoms with Crippen LogP contribution in [0.25, 0.3) is 11.3 Å². The number of hydrogen-bond acceptors (Lipinski definition) is 6. The molecule has 1 saturated carbocycles. The SMILES string of the molecule is Cn1cc(-c2cc(Oc3ccc(NC(=O)NC(=O)[C@H]4CC[C@H](C(F)(F)F)CC4)nc3)ccn2)cn1. The summed E-state index contributed by atoms with van der Waals surface area (Å²) in [6.45, 7) is 0. The summed E-state index contributed by atoms with van der Waals surface area (Å²) in [5, 5.41) is 8.73. The Morgan fingerprint density at radius 3 is 2.46 bits per heavy atom. The van der Waals surface area contributed by atoms with Crippen LogP contribution in [0.4, 0.5) is 23.8 Å². The van der Waals surface area contributed by atoms with Crippen LogP contribution in [-0.2, 0) is 11.8 Å². The zero-order valence-electron chi connectivity index (χ0n) is 18.7. The first-order chi connectivity index (χ1) is 16.7. The number of anilines is 1. The monoisotopic (exact) mass is 488 g/mol. The summed E-state index contributed by atoms with van der Waals surface area (Å²) in [6, 6.07) is 5.73. The van der Waals surface area contributed by atoms with E-state index >= 15 is 0 Å². The number of amides is 3. The molecule has 1 aliphatic rings. The highest BCUT2D eigenvalue weighted by Gasteiger charge is 2.42. The Kier molecular flexibility index (Phi) is 6.99. The number of aryl methyl sites for hydroxylation is 1. The fraction of sp³-hybridized carbons (Fsp3) is 0.348. The van der Waals surface area contributed by atoms with Gasteiger partial charge in [-0.3, -0.25) is 25.1 Å². The normalized spacial score (nSPS) is 18.1. The average Bonchev–Trinajstić information content (AvgIpc) is 3.26. The van der Waals surface area contributed by atoms with Gasteiger partial charge in [0.15, 0.2) is 0 Å². The molecule has 0 radical (unpaired) electrons. The topological polar surface area (TPSA) is 111 Å². The summed E-state index contributed by atoms with van der Waals surface area (Å²) in [6.07, 6.45) is 2.23. The molecule has 0 saturated heterocycles. The Morgan fingerprint density at radius 2 is 1.83 bits per heavy atom. The molecule has 0 aliphatic heterocycles. The molecule has 0 spiro atoms. The Labute approximate surface area is 198 Å². The van der Waals surface area contributed by atoms with Crippen molar-refractivity contribution in [3.05, 3.63) is 49.1 Å². The minimum atomic E-state index is -4.25. The minimum Gasteiger partial charge on any atom is -0.456 e. The van der Waals surface area contributed by atoms with Crippen LogP contribution < -0.4 is 15.4 Å². The number of halogens is 3. The van der Waals surface area contributed by atoms with Gasteiger partial charge in [0.05, 0.1) is 24.0 Å². The van der Waals surface area contributed by atoms with E-state index in [2.05, 4.69) is 25.7 Å². The van der Waals surface area contributed by atoms with E-state index in [9.17, 15) is 22.8 Å². The largest absolute Gasteiger partial charge is 0.456 e. The molecule has 3 aromatic rings. The number of nitrogens with zero attached hydrogens (tertiary/aromatic N) is 4. The fourth-order valence-corrected chi connectivity index (χ4v) is 3.88. The molecule has 1 aliphatic carbocycles. The number of rotatable bonds is 5. The van der Waals surface area contributed by atoms with Crippen molar-refractivity contribution in [2.75, 3.05) is 5.32 Å². The molecule has 9 nitrogen and oxygen atoms in total. The lowest BCUT2D eigenvalue weighted by Gasteiger charge is -2.28. The molecule has 3 amide bonds. The van der Waals surface area contributed by atoms with Crippen LogP contribution in [0.1, 0.15) is 25.7 Å². The molecular weight excluding hydrogens is 465 g/mol. The highest BCUT2D eigenvalue weighted by Crippen LogP contribution is 2.39. The van der Waals surface area contributed by atoms with Crippen molar-refractivity contribution in [1.82, 2.24) is 25.1 Å². The molecular formula is C23H23F3N6O3. The van der Waals surface area contributed by atoms with Crippen LogP contribution in [0.3, 0.4) is 0 Å². The molecule has 12 heteroatoms. The molecule has 3 heterocycles. The second-order valence-corrected chi connectivity index (χ2v) is 8.29. The third-order valence-electron chi connectivity index (χ3n) is 5.74. The molecule has 0 bridgehead atoms. The van der Waals surface area contributed by atoms with Gasteiger partial charge in [-0.1, -0.05) is 0 Å². The predicted molar refractivity (Wildman–Crippen MR) is 119 cm³/mol. The predicted octanol–water partition coefficient (Wildman–Crippen LogP) is 4.69. The maximum Gasteiger partial charge on any atom is 0.391 e. The Morgan fingerprint density at radius 1 is 1.06 bits per heavy atom. The van der Waals surface area contributed by atoms with Crippen LogP contribution in [0.15, 0.2) is 49.1 Å². The first-order valence-electron chi connectivity index (χ1n) is 10.9. The number of carbonyl (C=O) groups is 2. The summed E-state index contributed by atoms with van der Waals surface area (Å²) in [7, 11) is 1.81. The van der Waals surface area contributed by atoms with Gasteiger partial charge in [-0.05, 0) is 43.9 Å². The number of aromatic nitrogens is 4. The lowest BCUT2D eigenvalue weighted by atomic mass is 9.81. The Hall–Kier alpha value is -3.96. The maximum atomic E-state index is 12.8. The summed E-state index contributed by atoms with van der Waals surface area (Å²) in [5.74, 6) is -1.49. The number of urea groups is 1. The molecule has 35 heavy (non-hydrogen) atoms. The summed E-state index contributed by atoms with van der Waals surface area (Å²) in [4.78, 5) is 32.8. The number of hydrogen-bond donors (Lipinski definition) is 2. The van der Waals surface area contributed by atoms with Gasteiger partial charge in [0, 0.05) is 37.0 Å². The Balaban J connectivity index is 1.28. The van der Waals surface area contributed by atoms with Gasteiger partial charge in [0.25, 0.3) is 0 Å². The van der Waals surface area contributed by atoms with E-state index in [0.717, 1.165) is 5.56 Å². The molecule has 3 aromatic heterocycles. The maximum absolute atomic E-state index is 12.8. The standard InChI is InChI=1S/C23H23F3N6O3/c1-32-13-15(11-29-32)19-10-17(8-9-27-19)35-18-6-7-20(28-12-18)30-22(34)31-21(33)14-2-4-16(5-3-14)23(24,25)26/h6-14,16H,2-5H2,1H3,(H2,28,30,31,33,34)/t14-,16-. The number of imide groups is 1. The van der Waals surface area contributed by atoms with Gasteiger partial charge in [-0.25, -0.2) is 9.78 Å². The fourth-order valence-electron chi connectivity index (χ4n) is 3.88. The van der Waals surface area contributed by atoms with Gasteiger partial charge in [0.1, 0.15) is 17.3 Å². The number of alkyl halides is 3. The smallest absolute Gasteiger partial charge is 0.391 e. The summed E-state index contributed by atoms with van der Waals surface area (Å²) >= 11 is 0. The molecule has 1 fully saturated rings. The van der Waals surface area contributed by atoms with Gasteiger partial charge in [-0.15, -0.1) is 0 Å². The molecule has 0 atom stereocenters. The van der Waals surface area contributed by atoms with Crippen molar-refractivity contribution >= 4 is 17.8 Å². The van der Waals surface area contributed by atoms with E-state index in [1.54, 1.807) is 35.3 Å². The van der Waals surface area contributed by atoms with E-state index in [1.807, 2.05) is 13.2 Å². The van der Waals surface area contributed by atoms with Crippen LogP contribution >= 0.6 is 0 Å². The van der Waals surface area contributed by atoms with E-state index in [1.165, 1.54) is 12.3 Å². The van der Waals surface area contributed by atoms with Crippen molar-refractivity contribution in [3.63, 3.8) is 0 Å². The van der Waals surface area contributed by atoms with Gasteiger partial charge in [-0.2, -0.15) is 18.3 Å². The summed E-state index contributed by atoms with van der Waals surface area (Å²) < 4.78 is 45.8. The summed E-state index contributed by atoms with van der Waals surface area (Å²) in [5.41, 5.74) is 1.53. The quantitative estimate of drug-likeness (QED) is 0.539. The van der Waals surface area contributed by atoms with Gasteiger partial charge < -0.3 is 4.74 Å². The van der Waals surface area contributed by atoms with Crippen LogP contribution in [0.5, 0.6) is 11.5 Å². The second kappa shape index (κ2) is 10.1. The van der Waals surface area contributed by atoms with Crippen LogP contribution in [0.2, 0.25) is 0 Å². The van der Waals surface area contributed by atoms with Crippen molar-refractivity contribution in [2.24, 2.45) is 18.9 Å². The lowest BCUT2D eigenvalue weighted by molar-refractivity contribution is -0.184. The first-order valence-corrected chi connectivity index (χ1v) is 10.9. The van der Waals surface area contributed by atoms with Gasteiger partial charge >= 0.3 is 12.2 Å². The molecule has 4 rings (SSSR count). The molecule has 0 unspecified atom stereocenters. The molecule has 0 aromatic carbocycles. The lowest BCUT2D eigenvalue weighted by Crippen LogP contribution is -2.40. The highest BCUT2D eigenvalue weighted by atomic mass is 19.4. The number of ether oxygens (including phenoxy) is 1. The van der Waals surface area contributed by atoms with Crippen LogP contribution in [0, 0.1) is 11.8 Å². The average molecular weight is 488 g/mol. The third-order valence-corrected chi connectivity index (χ3v) is 5.74. The van der Waals surface area contributed by atoms with Crippen molar-refractivity contribution < 1.29 is 27.5 Å². The second-order valence-electron chi connectivity index (χ2n) is 8.29. The van der Waals surface area contributed by atoms with Crippen molar-refractivity contribution in [3.8, 4) is 22.8 Å². The first kappa shape index (κ1) is 24.2. The van der Waals surface area contributed by atoms with Crippen molar-refractivity contribution in [1.29, 1.82) is 0 Å². The van der Waals surface area contributed by atoms with E-state index in [-0.39, 0.29) is 31.5 Å². The number of nitrogens with one attached hydrogen (secondary N) is 2. The zero-order valence-corrected chi connectivity index (χ0v) is 18.7. The van der Waals surface area contributed by atoms with Gasteiger partial charge in [0.2, 0.25) is 5.91 Å². The third kappa shape index (κ3) is 6.34. The van der Waals surface area contributed by atoms with Crippen molar-refractivity contribution in [2.45, 2.75) is 31.9 Å². The highest BCUT2D eigenvalue weighted by molar-refractivity contribution is 6.01. The Bertz CT molecular complexity index is 1190. The van der Waals surface area contributed by atoms with E-state index in [4.69, 9.17) is 4.74 Å². The minimum absolute atomic E-state index is 0.0884. The number of pyridine rings is 2. The number of carbonyl (C=O) groups excluding carboxylic acids is 2. The zero-order chi connectivity index (χ0) is 25.0. The van der Waals surface area contributed by atoms with E-state index in [0.29, 0.717) is 17.2 Å². The molecule has 184 valence electrons. The van der Waals surface area contributed by atoms with E-state index < -0.39 is 30.0 Å². The van der Waals surface area contributed by atoms with Crippen LogP contribution in [-0.4, -0.2) is 37.9 Å². The molecule has 2 N–H and O–H groups in total.